The van der Waals surface area contributed by atoms with Crippen molar-refractivity contribution in [2.45, 2.75) is 69.2 Å². The van der Waals surface area contributed by atoms with E-state index in [2.05, 4.69) is 5.32 Å². The molecule has 0 spiro atoms. The number of anilines is 2. The van der Waals surface area contributed by atoms with Crippen LogP contribution in [0.25, 0.3) is 0 Å². The van der Waals surface area contributed by atoms with Crippen LogP contribution in [0, 0.1) is 0 Å². The minimum absolute atomic E-state index is 0.164. The van der Waals surface area contributed by atoms with Gasteiger partial charge in [-0.15, -0.1) is 11.3 Å². The van der Waals surface area contributed by atoms with E-state index in [9.17, 15) is 40.7 Å². The van der Waals surface area contributed by atoms with Crippen LogP contribution in [0.2, 0.25) is 0 Å². The highest BCUT2D eigenvalue weighted by Crippen LogP contribution is 2.42. The van der Waals surface area contributed by atoms with Gasteiger partial charge in [-0.1, -0.05) is 0 Å². The fraction of sp³-hybridized carbons (Fsp3) is 0.567. The lowest BCUT2D eigenvalue weighted by atomic mass is 9.97. The van der Waals surface area contributed by atoms with Crippen molar-refractivity contribution in [3.63, 3.8) is 0 Å². The molecule has 3 aliphatic heterocycles. The first kappa shape index (κ1) is 34.6. The Bertz CT molecular complexity index is 1450. The Hall–Kier alpha value is -3.73. The van der Waals surface area contributed by atoms with Gasteiger partial charge in [0, 0.05) is 50.2 Å². The Morgan fingerprint density at radius 2 is 1.57 bits per heavy atom. The number of hydrogen-bond acceptors (Lipinski definition) is 7. The number of nitrogens with two attached hydrogens (primary N) is 1. The van der Waals surface area contributed by atoms with E-state index in [4.69, 9.17) is 10.5 Å². The van der Waals surface area contributed by atoms with Gasteiger partial charge in [-0.2, -0.15) is 26.3 Å². The number of ether oxygens (including phenoxy) is 1. The van der Waals surface area contributed by atoms with Gasteiger partial charge in [-0.25, -0.2) is 9.59 Å². The van der Waals surface area contributed by atoms with Crippen molar-refractivity contribution in [1.82, 2.24) is 19.6 Å². The topological polar surface area (TPSA) is 111 Å². The normalized spacial score (nSPS) is 19.1. The van der Waals surface area contributed by atoms with Crippen molar-refractivity contribution in [2.24, 2.45) is 0 Å². The molecule has 47 heavy (non-hydrogen) atoms. The lowest BCUT2D eigenvalue weighted by molar-refractivity contribution is -0.142. The predicted octanol–water partition coefficient (Wildman–Crippen LogP) is 5.48. The second-order valence-electron chi connectivity index (χ2n) is 12.2. The van der Waals surface area contributed by atoms with Crippen molar-refractivity contribution in [1.29, 1.82) is 0 Å². The second kappa shape index (κ2) is 13.4. The third-order valence-corrected chi connectivity index (χ3v) is 9.90. The van der Waals surface area contributed by atoms with Gasteiger partial charge in [0.15, 0.2) is 6.10 Å². The van der Waals surface area contributed by atoms with Gasteiger partial charge in [0.05, 0.1) is 23.4 Å². The van der Waals surface area contributed by atoms with E-state index in [1.807, 2.05) is 30.4 Å². The Kier molecular flexibility index (Phi) is 9.87. The summed E-state index contributed by atoms with van der Waals surface area (Å²) < 4.78 is 88.0. The zero-order valence-corrected chi connectivity index (χ0v) is 26.6. The monoisotopic (exact) mass is 690 g/mol. The Balaban J connectivity index is 1.33. The summed E-state index contributed by atoms with van der Waals surface area (Å²) in [7, 11) is 3.79. The smallest absolute Gasteiger partial charge is 0.418 e. The van der Waals surface area contributed by atoms with Crippen LogP contribution in [0.5, 0.6) is 0 Å². The van der Waals surface area contributed by atoms with Crippen LogP contribution in [0.4, 0.5) is 46.6 Å². The molecule has 0 bridgehead atoms. The molecular weight excluding hydrogens is 654 g/mol. The van der Waals surface area contributed by atoms with Crippen LogP contribution in [0.1, 0.15) is 47.9 Å². The maximum Gasteiger partial charge on any atom is 0.418 e. The lowest BCUT2D eigenvalue weighted by Gasteiger charge is -2.40. The van der Waals surface area contributed by atoms with Crippen molar-refractivity contribution in [3.05, 3.63) is 45.8 Å². The maximum absolute atomic E-state index is 13.7. The zero-order valence-electron chi connectivity index (χ0n) is 25.8. The summed E-state index contributed by atoms with van der Waals surface area (Å²) in [5, 5.41) is 5.53. The van der Waals surface area contributed by atoms with Crippen molar-refractivity contribution >= 4 is 40.1 Å². The van der Waals surface area contributed by atoms with Crippen molar-refractivity contribution < 1.29 is 45.5 Å². The number of likely N-dealkylation sites (tertiary alicyclic amines) is 2. The molecule has 3 aliphatic rings. The summed E-state index contributed by atoms with van der Waals surface area (Å²) in [5.74, 6) is -0.707. The summed E-state index contributed by atoms with van der Waals surface area (Å²) in [4.78, 5) is 46.2. The molecule has 4 amide bonds. The summed E-state index contributed by atoms with van der Waals surface area (Å²) in [6.45, 7) is 1.29. The predicted molar refractivity (Wildman–Crippen MR) is 162 cm³/mol. The number of benzene rings is 1. The van der Waals surface area contributed by atoms with Crippen LogP contribution >= 0.6 is 11.3 Å². The van der Waals surface area contributed by atoms with Crippen LogP contribution in [0.3, 0.4) is 0 Å². The SMILES string of the molecule is CN(C)C1CCN(C(=O)[C@@H](Cc2cc(C(F)(F)F)c(N)c(C(F)(F)F)c2)OC(=O)N2CCC(N3Cc4ccsc4NC3=O)CC2)CC1. The summed E-state index contributed by atoms with van der Waals surface area (Å²) in [6.07, 6.45) is -11.8. The molecular formula is C30H36F6N6O4S. The molecule has 0 radical (unpaired) electrons. The van der Waals surface area contributed by atoms with E-state index in [0.717, 1.165) is 10.6 Å². The van der Waals surface area contributed by atoms with E-state index in [-0.39, 0.29) is 44.3 Å². The molecule has 10 nitrogen and oxygen atoms in total. The molecule has 4 heterocycles. The fourth-order valence-corrected chi connectivity index (χ4v) is 7.14. The van der Waals surface area contributed by atoms with E-state index in [1.165, 1.54) is 21.1 Å². The van der Waals surface area contributed by atoms with Crippen molar-refractivity contribution in [2.75, 3.05) is 51.3 Å². The Labute approximate surface area is 271 Å². The fourth-order valence-electron chi connectivity index (χ4n) is 6.35. The molecule has 1 aromatic carbocycles. The second-order valence-corrected chi connectivity index (χ2v) is 13.2. The van der Waals surface area contributed by atoms with Gasteiger partial charge in [0.25, 0.3) is 5.91 Å². The van der Waals surface area contributed by atoms with Gasteiger partial charge >= 0.3 is 24.5 Å². The number of amides is 4. The first-order valence-electron chi connectivity index (χ1n) is 15.1. The molecule has 5 rings (SSSR count). The molecule has 17 heteroatoms. The van der Waals surface area contributed by atoms with Crippen LogP contribution in [0.15, 0.2) is 23.6 Å². The highest BCUT2D eigenvalue weighted by Gasteiger charge is 2.42. The number of thiophene rings is 1. The van der Waals surface area contributed by atoms with Crippen LogP contribution < -0.4 is 11.1 Å². The number of nitrogens with one attached hydrogen (secondary N) is 1. The number of carbonyl (C=O) groups is 3. The third-order valence-electron chi connectivity index (χ3n) is 9.03. The minimum Gasteiger partial charge on any atom is -0.436 e. The summed E-state index contributed by atoms with van der Waals surface area (Å²) in [6, 6.07) is 2.60. The molecule has 2 fully saturated rings. The lowest BCUT2D eigenvalue weighted by Crippen LogP contribution is -2.52. The molecule has 2 saturated heterocycles. The van der Waals surface area contributed by atoms with E-state index in [0.29, 0.717) is 44.4 Å². The third kappa shape index (κ3) is 7.71. The Morgan fingerprint density at radius 1 is 1.00 bits per heavy atom. The average molecular weight is 691 g/mol. The van der Waals surface area contributed by atoms with Gasteiger partial charge in [0.2, 0.25) is 0 Å². The van der Waals surface area contributed by atoms with E-state index < -0.39 is 59.3 Å². The van der Waals surface area contributed by atoms with E-state index in [1.54, 1.807) is 4.90 Å². The summed E-state index contributed by atoms with van der Waals surface area (Å²) in [5.41, 5.74) is 0.928. The molecule has 3 N–H and O–H groups in total. The molecule has 258 valence electrons. The number of rotatable bonds is 6. The number of alkyl halides is 6. The average Bonchev–Trinajstić information content (AvgIpc) is 3.47. The van der Waals surface area contributed by atoms with Gasteiger partial charge in [-0.3, -0.25) is 10.1 Å². The standard InChI is InChI=1S/C30H36F6N6O4S/c1-39(2)19-3-8-40(9-4-19)26(43)23(15-17-13-21(29(31,32)33)24(37)22(14-17)30(34,35)36)46-28(45)41-10-5-20(6-11-41)42-16-18-7-12-47-25(18)38-27(42)44/h7,12-14,19-20,23H,3-6,8-11,15-16,37H2,1-2H3,(H,38,44)/t23-/m1/s1. The first-order valence-corrected chi connectivity index (χ1v) is 16.0. The van der Waals surface area contributed by atoms with Crippen LogP contribution in [-0.2, 0) is 34.8 Å². The van der Waals surface area contributed by atoms with Crippen LogP contribution in [-0.4, -0.2) is 96.1 Å². The number of nitrogen functional groups attached to an aromatic ring is 1. The summed E-state index contributed by atoms with van der Waals surface area (Å²) >= 11 is 1.43. The van der Waals surface area contributed by atoms with Crippen molar-refractivity contribution in [3.8, 4) is 0 Å². The first-order chi connectivity index (χ1) is 22.0. The molecule has 0 aliphatic carbocycles. The van der Waals surface area contributed by atoms with Gasteiger partial charge in [-0.05, 0) is 68.9 Å². The number of halogens is 6. The number of fused-ring (bicyclic) bond motifs is 1. The number of piperidine rings is 2. The molecule has 1 aromatic heterocycles. The quantitative estimate of drug-likeness (QED) is 0.307. The highest BCUT2D eigenvalue weighted by atomic mass is 32.1. The number of nitrogens with zero attached hydrogens (tertiary/aromatic N) is 4. The molecule has 1 atom stereocenters. The zero-order chi connectivity index (χ0) is 34.3. The molecule has 2 aromatic rings. The molecule has 0 unspecified atom stereocenters. The molecule has 0 saturated carbocycles. The maximum atomic E-state index is 13.7. The van der Waals surface area contributed by atoms with Gasteiger partial charge < -0.3 is 30.1 Å². The van der Waals surface area contributed by atoms with E-state index >= 15 is 0 Å². The number of urea groups is 1. The number of carbonyl (C=O) groups excluding carboxylic acids is 3. The van der Waals surface area contributed by atoms with Gasteiger partial charge in [0.1, 0.15) is 5.00 Å². The Morgan fingerprint density at radius 3 is 2.13 bits per heavy atom. The highest BCUT2D eigenvalue weighted by molar-refractivity contribution is 7.14. The largest absolute Gasteiger partial charge is 0.436 e. The number of hydrogen-bond donors (Lipinski definition) is 2. The minimum atomic E-state index is -5.20.